The van der Waals surface area contributed by atoms with E-state index in [0.717, 1.165) is 25.9 Å². The molecule has 0 aliphatic carbocycles. The van der Waals surface area contributed by atoms with Crippen molar-refractivity contribution in [2.24, 2.45) is 0 Å². The minimum atomic E-state index is -0.939. The molecule has 16 heavy (non-hydrogen) atoms. The molecule has 5 heteroatoms. The fourth-order valence-corrected chi connectivity index (χ4v) is 1.28. The molecule has 2 N–H and O–H groups in total. The van der Waals surface area contributed by atoms with Crippen LogP contribution in [0.1, 0.15) is 12.8 Å². The van der Waals surface area contributed by atoms with Gasteiger partial charge < -0.3 is 15.0 Å². The smallest absolute Gasteiger partial charge is 0.332 e. The van der Waals surface area contributed by atoms with E-state index in [2.05, 4.69) is 16.9 Å². The fourth-order valence-electron chi connectivity index (χ4n) is 1.28. The number of aliphatic carboxylic acids is 1. The second-order valence-corrected chi connectivity index (χ2v) is 3.59. The predicted molar refractivity (Wildman–Crippen MR) is 61.1 cm³/mol. The Hall–Kier alpha value is -1.62. The Morgan fingerprint density at radius 3 is 2.94 bits per heavy atom. The Bertz CT molecular complexity index is 333. The van der Waals surface area contributed by atoms with Crippen LogP contribution in [-0.4, -0.2) is 33.7 Å². The molecule has 0 bridgehead atoms. The SMILES string of the molecule is C=C(CNCCCCn1ccnc1)C(=O)O. The molecule has 1 aromatic rings. The second-order valence-electron chi connectivity index (χ2n) is 3.59. The molecule has 1 aromatic heterocycles. The van der Waals surface area contributed by atoms with Gasteiger partial charge in [0.2, 0.25) is 0 Å². The van der Waals surface area contributed by atoms with E-state index in [1.165, 1.54) is 0 Å². The lowest BCUT2D eigenvalue weighted by Crippen LogP contribution is -2.21. The summed E-state index contributed by atoms with van der Waals surface area (Å²) in [6.45, 7) is 5.54. The first kappa shape index (κ1) is 12.4. The van der Waals surface area contributed by atoms with E-state index in [0.29, 0.717) is 6.54 Å². The van der Waals surface area contributed by atoms with Crippen LogP contribution in [0.3, 0.4) is 0 Å². The average molecular weight is 223 g/mol. The summed E-state index contributed by atoms with van der Waals surface area (Å²) in [5.41, 5.74) is 0.203. The third kappa shape index (κ3) is 4.75. The van der Waals surface area contributed by atoms with E-state index in [4.69, 9.17) is 5.11 Å². The summed E-state index contributed by atoms with van der Waals surface area (Å²) in [6, 6.07) is 0. The molecule has 0 aromatic carbocycles. The van der Waals surface area contributed by atoms with E-state index < -0.39 is 5.97 Å². The summed E-state index contributed by atoms with van der Waals surface area (Å²) >= 11 is 0. The van der Waals surface area contributed by atoms with Crippen LogP contribution in [0.5, 0.6) is 0 Å². The Kier molecular flexibility index (Phi) is 5.28. The molecule has 5 nitrogen and oxygen atoms in total. The van der Waals surface area contributed by atoms with E-state index in [1.54, 1.807) is 12.5 Å². The zero-order valence-electron chi connectivity index (χ0n) is 9.22. The van der Waals surface area contributed by atoms with Crippen molar-refractivity contribution in [1.29, 1.82) is 0 Å². The quantitative estimate of drug-likeness (QED) is 0.507. The van der Waals surface area contributed by atoms with Crippen LogP contribution in [0, 0.1) is 0 Å². The van der Waals surface area contributed by atoms with Gasteiger partial charge in [0, 0.05) is 31.1 Å². The van der Waals surface area contributed by atoms with Gasteiger partial charge in [-0.3, -0.25) is 0 Å². The van der Waals surface area contributed by atoms with Crippen LogP contribution in [0.2, 0.25) is 0 Å². The monoisotopic (exact) mass is 223 g/mol. The number of carboxylic acids is 1. The molecule has 0 aliphatic rings. The van der Waals surface area contributed by atoms with Crippen molar-refractivity contribution in [1.82, 2.24) is 14.9 Å². The Morgan fingerprint density at radius 1 is 1.50 bits per heavy atom. The first-order chi connectivity index (χ1) is 7.70. The number of carboxylic acid groups (broad SMARTS) is 1. The predicted octanol–water partition coefficient (Wildman–Crippen LogP) is 0.894. The van der Waals surface area contributed by atoms with Crippen molar-refractivity contribution in [3.63, 3.8) is 0 Å². The van der Waals surface area contributed by atoms with E-state index in [9.17, 15) is 4.79 Å². The van der Waals surface area contributed by atoms with Crippen molar-refractivity contribution in [3.05, 3.63) is 30.9 Å². The molecule has 1 rings (SSSR count). The van der Waals surface area contributed by atoms with Gasteiger partial charge in [0.25, 0.3) is 0 Å². The summed E-state index contributed by atoms with van der Waals surface area (Å²) < 4.78 is 2.02. The van der Waals surface area contributed by atoms with Gasteiger partial charge in [0.15, 0.2) is 0 Å². The van der Waals surface area contributed by atoms with Gasteiger partial charge in [-0.25, -0.2) is 9.78 Å². The van der Waals surface area contributed by atoms with Crippen molar-refractivity contribution >= 4 is 5.97 Å². The Labute approximate surface area is 94.8 Å². The number of hydrogen-bond donors (Lipinski definition) is 2. The van der Waals surface area contributed by atoms with Gasteiger partial charge in [0.05, 0.1) is 6.33 Å². The van der Waals surface area contributed by atoms with Gasteiger partial charge in [-0.2, -0.15) is 0 Å². The van der Waals surface area contributed by atoms with Crippen LogP contribution in [0.25, 0.3) is 0 Å². The molecule has 0 saturated heterocycles. The number of unbranched alkanes of at least 4 members (excludes halogenated alkanes) is 1. The summed E-state index contributed by atoms with van der Waals surface area (Å²) in [6.07, 6.45) is 7.53. The van der Waals surface area contributed by atoms with Crippen molar-refractivity contribution in [3.8, 4) is 0 Å². The third-order valence-electron chi connectivity index (χ3n) is 2.22. The summed E-state index contributed by atoms with van der Waals surface area (Å²) in [4.78, 5) is 14.4. The molecule has 0 saturated carbocycles. The minimum Gasteiger partial charge on any atom is -0.478 e. The van der Waals surface area contributed by atoms with Crippen LogP contribution >= 0.6 is 0 Å². The highest BCUT2D eigenvalue weighted by atomic mass is 16.4. The first-order valence-electron chi connectivity index (χ1n) is 5.27. The zero-order chi connectivity index (χ0) is 11.8. The maximum Gasteiger partial charge on any atom is 0.332 e. The highest BCUT2D eigenvalue weighted by Crippen LogP contribution is 1.94. The van der Waals surface area contributed by atoms with Crippen LogP contribution in [-0.2, 0) is 11.3 Å². The molecule has 0 spiro atoms. The number of nitrogens with zero attached hydrogens (tertiary/aromatic N) is 2. The van der Waals surface area contributed by atoms with Crippen molar-refractivity contribution in [2.75, 3.05) is 13.1 Å². The highest BCUT2D eigenvalue weighted by Gasteiger charge is 2.01. The van der Waals surface area contributed by atoms with Crippen LogP contribution in [0.15, 0.2) is 30.9 Å². The normalized spacial score (nSPS) is 10.2. The Balaban J connectivity index is 1.96. The summed E-state index contributed by atoms with van der Waals surface area (Å²) in [5, 5.41) is 11.6. The summed E-state index contributed by atoms with van der Waals surface area (Å²) in [5.74, 6) is -0.939. The molecule has 1 heterocycles. The lowest BCUT2D eigenvalue weighted by molar-refractivity contribution is -0.132. The van der Waals surface area contributed by atoms with Gasteiger partial charge >= 0.3 is 5.97 Å². The van der Waals surface area contributed by atoms with Crippen LogP contribution in [0.4, 0.5) is 0 Å². The molecular formula is C11H17N3O2. The fraction of sp³-hybridized carbons (Fsp3) is 0.455. The standard InChI is InChI=1S/C11H17N3O2/c1-10(11(15)16)8-12-4-2-3-6-14-7-5-13-9-14/h5,7,9,12H,1-4,6,8H2,(H,15,16). The van der Waals surface area contributed by atoms with Gasteiger partial charge in [-0.15, -0.1) is 0 Å². The minimum absolute atomic E-state index is 0.203. The van der Waals surface area contributed by atoms with E-state index in [-0.39, 0.29) is 5.57 Å². The summed E-state index contributed by atoms with van der Waals surface area (Å²) in [7, 11) is 0. The lowest BCUT2D eigenvalue weighted by Gasteiger charge is -2.04. The zero-order valence-corrected chi connectivity index (χ0v) is 9.22. The maximum absolute atomic E-state index is 10.4. The highest BCUT2D eigenvalue weighted by molar-refractivity contribution is 5.86. The molecular weight excluding hydrogens is 206 g/mol. The molecule has 0 fully saturated rings. The number of aryl methyl sites for hydroxylation is 1. The lowest BCUT2D eigenvalue weighted by atomic mass is 10.3. The third-order valence-corrected chi connectivity index (χ3v) is 2.22. The van der Waals surface area contributed by atoms with Gasteiger partial charge in [-0.1, -0.05) is 6.58 Å². The molecule has 0 radical (unpaired) electrons. The second kappa shape index (κ2) is 6.79. The first-order valence-corrected chi connectivity index (χ1v) is 5.27. The molecule has 0 unspecified atom stereocenters. The van der Waals surface area contributed by atoms with Crippen molar-refractivity contribution < 1.29 is 9.90 Å². The number of nitrogens with one attached hydrogen (secondary N) is 1. The maximum atomic E-state index is 10.4. The number of aromatic nitrogens is 2. The molecule has 0 aliphatic heterocycles. The molecule has 0 amide bonds. The van der Waals surface area contributed by atoms with E-state index >= 15 is 0 Å². The largest absolute Gasteiger partial charge is 0.478 e. The number of hydrogen-bond acceptors (Lipinski definition) is 3. The number of imidazole rings is 1. The Morgan fingerprint density at radius 2 is 2.31 bits per heavy atom. The number of rotatable bonds is 8. The van der Waals surface area contributed by atoms with Gasteiger partial charge in [-0.05, 0) is 19.4 Å². The molecule has 88 valence electrons. The van der Waals surface area contributed by atoms with Crippen LogP contribution < -0.4 is 5.32 Å². The van der Waals surface area contributed by atoms with Gasteiger partial charge in [0.1, 0.15) is 0 Å². The molecule has 0 atom stereocenters. The number of carbonyl (C=O) groups is 1. The average Bonchev–Trinajstić information content (AvgIpc) is 2.75. The van der Waals surface area contributed by atoms with Crippen molar-refractivity contribution in [2.45, 2.75) is 19.4 Å². The topological polar surface area (TPSA) is 67.2 Å². The van der Waals surface area contributed by atoms with E-state index in [1.807, 2.05) is 10.8 Å².